The van der Waals surface area contributed by atoms with Crippen LogP contribution in [-0.2, 0) is 14.3 Å². The van der Waals surface area contributed by atoms with E-state index in [1.807, 2.05) is 19.1 Å². The maximum absolute atomic E-state index is 12.2. The molecular weight excluding hydrogens is 284 g/mol. The van der Waals surface area contributed by atoms with E-state index in [0.717, 1.165) is 18.4 Å². The van der Waals surface area contributed by atoms with Gasteiger partial charge < -0.3 is 9.47 Å². The first kappa shape index (κ1) is 14.4. The third kappa shape index (κ3) is 3.57. The number of esters is 1. The molecule has 0 spiro atoms. The second kappa shape index (κ2) is 6.50. The lowest BCUT2D eigenvalue weighted by molar-refractivity contribution is -0.158. The molecule has 0 radical (unpaired) electrons. The van der Waals surface area contributed by atoms with E-state index in [2.05, 4.69) is 35.1 Å². The summed E-state index contributed by atoms with van der Waals surface area (Å²) in [6.07, 6.45) is 5.83. The first-order chi connectivity index (χ1) is 10.3. The van der Waals surface area contributed by atoms with E-state index in [1.165, 1.54) is 4.90 Å². The van der Waals surface area contributed by atoms with Gasteiger partial charge in [0.05, 0.1) is 12.7 Å². The maximum atomic E-state index is 12.2. The Bertz CT molecular complexity index is 563. The number of thiol groups is 1. The van der Waals surface area contributed by atoms with Gasteiger partial charge in [-0.3, -0.25) is 0 Å². The Morgan fingerprint density at radius 2 is 2.10 bits per heavy atom. The number of allylic oxidation sites excluding steroid dienone is 2. The van der Waals surface area contributed by atoms with Crippen LogP contribution in [0.3, 0.4) is 0 Å². The summed E-state index contributed by atoms with van der Waals surface area (Å²) in [5.41, 5.74) is 0.897. The van der Waals surface area contributed by atoms with Gasteiger partial charge in [-0.1, -0.05) is 24.3 Å². The number of hydrogen-bond donors (Lipinski definition) is 1. The zero-order valence-corrected chi connectivity index (χ0v) is 13.0. The number of carbonyl (C=O) groups is 1. The van der Waals surface area contributed by atoms with E-state index in [-0.39, 0.29) is 23.0 Å². The van der Waals surface area contributed by atoms with Crippen molar-refractivity contribution in [2.75, 3.05) is 6.61 Å². The molecule has 1 fully saturated rings. The van der Waals surface area contributed by atoms with Crippen molar-refractivity contribution >= 4 is 16.9 Å². The molecule has 3 rings (SSSR count). The first-order valence-corrected chi connectivity index (χ1v) is 8.81. The lowest BCUT2D eigenvalue weighted by atomic mass is 10.1. The Morgan fingerprint density at radius 1 is 1.33 bits per heavy atom. The minimum Gasteiger partial charge on any atom is -0.464 e. The van der Waals surface area contributed by atoms with Crippen molar-refractivity contribution in [3.63, 3.8) is 0 Å². The highest BCUT2D eigenvalue weighted by molar-refractivity contribution is 8.22. The molecule has 0 N–H and O–H groups in total. The summed E-state index contributed by atoms with van der Waals surface area (Å²) in [4.78, 5) is 13.4. The highest BCUT2D eigenvalue weighted by atomic mass is 32.2. The summed E-state index contributed by atoms with van der Waals surface area (Å²) in [6, 6.07) is 8.13. The van der Waals surface area contributed by atoms with Crippen LogP contribution in [0.1, 0.15) is 31.4 Å². The average molecular weight is 304 g/mol. The Balaban J connectivity index is 1.83. The predicted octanol–water partition coefficient (Wildman–Crippen LogP) is 3.87. The molecule has 112 valence electrons. The van der Waals surface area contributed by atoms with E-state index >= 15 is 0 Å². The van der Waals surface area contributed by atoms with E-state index in [9.17, 15) is 4.79 Å². The number of hydrogen-bond acceptors (Lipinski definition) is 3. The van der Waals surface area contributed by atoms with Crippen molar-refractivity contribution in [3.8, 4) is 0 Å². The minimum atomic E-state index is -0.594. The minimum absolute atomic E-state index is 0.208. The molecular formula is C17H20O3S. The maximum Gasteiger partial charge on any atom is 0.339 e. The molecule has 1 aliphatic carbocycles. The van der Waals surface area contributed by atoms with Gasteiger partial charge in [-0.25, -0.2) is 4.79 Å². The smallest absolute Gasteiger partial charge is 0.339 e. The Hall–Kier alpha value is -1.52. The highest BCUT2D eigenvalue weighted by Crippen LogP contribution is 2.43. The molecule has 0 saturated heterocycles. The zero-order chi connectivity index (χ0) is 14.7. The quantitative estimate of drug-likeness (QED) is 0.640. The molecule has 1 unspecified atom stereocenters. The third-order valence-electron chi connectivity index (χ3n) is 3.43. The van der Waals surface area contributed by atoms with Crippen LogP contribution in [0.5, 0.6) is 0 Å². The molecule has 0 bridgehead atoms. The van der Waals surface area contributed by atoms with Gasteiger partial charge >= 0.3 is 5.97 Å². The van der Waals surface area contributed by atoms with Gasteiger partial charge in [-0.2, -0.15) is 10.9 Å². The van der Waals surface area contributed by atoms with Crippen LogP contribution >= 0.6 is 10.9 Å². The van der Waals surface area contributed by atoms with Crippen LogP contribution in [0.15, 0.2) is 52.1 Å². The highest BCUT2D eigenvalue weighted by Gasteiger charge is 2.32. The molecule has 1 saturated carbocycles. The molecule has 3 nitrogen and oxygen atoms in total. The fourth-order valence-corrected chi connectivity index (χ4v) is 3.81. The molecule has 21 heavy (non-hydrogen) atoms. The topological polar surface area (TPSA) is 35.5 Å². The van der Waals surface area contributed by atoms with Crippen LogP contribution in [-0.4, -0.2) is 18.7 Å². The number of rotatable bonds is 6. The van der Waals surface area contributed by atoms with Gasteiger partial charge in [0.2, 0.25) is 0 Å². The number of ether oxygens (including phenoxy) is 2. The summed E-state index contributed by atoms with van der Waals surface area (Å²) < 4.78 is 11.0. The van der Waals surface area contributed by atoms with Gasteiger partial charge in [0, 0.05) is 0 Å². The molecule has 1 aromatic carbocycles. The average Bonchev–Trinajstić information content (AvgIpc) is 3.15. The Morgan fingerprint density at radius 3 is 2.76 bits per heavy atom. The van der Waals surface area contributed by atoms with Crippen molar-refractivity contribution in [1.82, 2.24) is 0 Å². The summed E-state index contributed by atoms with van der Waals surface area (Å²) in [5, 5.41) is 4.41. The molecule has 4 heteroatoms. The first-order valence-electron chi connectivity index (χ1n) is 7.33. The van der Waals surface area contributed by atoms with Crippen LogP contribution in [0.25, 0.3) is 0 Å². The van der Waals surface area contributed by atoms with E-state index in [4.69, 9.17) is 9.47 Å². The van der Waals surface area contributed by atoms with Gasteiger partial charge in [0.15, 0.2) is 6.10 Å². The van der Waals surface area contributed by atoms with Gasteiger partial charge in [0.1, 0.15) is 0 Å². The van der Waals surface area contributed by atoms with Crippen LogP contribution in [0.2, 0.25) is 0 Å². The molecule has 0 amide bonds. The lowest BCUT2D eigenvalue weighted by Gasteiger charge is -2.19. The normalized spacial score (nSPS) is 19.8. The van der Waals surface area contributed by atoms with Gasteiger partial charge in [-0.05, 0) is 53.2 Å². The second-order valence-corrected chi connectivity index (χ2v) is 7.08. The number of benzene rings is 1. The molecule has 1 aliphatic heterocycles. The molecule has 1 aromatic rings. The van der Waals surface area contributed by atoms with E-state index < -0.39 is 6.10 Å². The fourth-order valence-electron chi connectivity index (χ4n) is 2.24. The van der Waals surface area contributed by atoms with Crippen LogP contribution < -0.4 is 0 Å². The third-order valence-corrected chi connectivity index (χ3v) is 5.29. The summed E-state index contributed by atoms with van der Waals surface area (Å²) in [5.74, 6) is -0.285. The summed E-state index contributed by atoms with van der Waals surface area (Å²) in [6.45, 7) is 2.20. The molecule has 2 aliphatic rings. The van der Waals surface area contributed by atoms with Crippen LogP contribution in [0.4, 0.5) is 0 Å². The number of carbonyl (C=O) groups excluding carboxylic acids is 1. The van der Waals surface area contributed by atoms with Crippen molar-refractivity contribution in [2.45, 2.75) is 36.9 Å². The van der Waals surface area contributed by atoms with Crippen LogP contribution in [0, 0.1) is 0 Å². The monoisotopic (exact) mass is 304 g/mol. The Kier molecular flexibility index (Phi) is 4.46. The molecule has 1 heterocycles. The van der Waals surface area contributed by atoms with Gasteiger partial charge in [0.25, 0.3) is 0 Å². The predicted molar refractivity (Wildman–Crippen MR) is 85.5 cm³/mol. The summed E-state index contributed by atoms with van der Waals surface area (Å²) >= 11 is 0. The molecule has 1 atom stereocenters. The van der Waals surface area contributed by atoms with Gasteiger partial charge in [-0.15, -0.1) is 0 Å². The second-order valence-electron chi connectivity index (χ2n) is 5.15. The van der Waals surface area contributed by atoms with Crippen molar-refractivity contribution in [2.24, 2.45) is 0 Å². The van der Waals surface area contributed by atoms with Crippen molar-refractivity contribution in [3.05, 3.63) is 52.8 Å². The zero-order valence-electron chi connectivity index (χ0n) is 12.1. The fraction of sp³-hybridized carbons (Fsp3) is 0.353. The Labute approximate surface area is 128 Å². The van der Waals surface area contributed by atoms with E-state index in [0.29, 0.717) is 6.61 Å². The summed E-state index contributed by atoms with van der Waals surface area (Å²) in [7, 11) is -0.382. The SMILES string of the molecule is CCOC(=O)C(OC1CC1)c1cccc([SH]2C=CC=C2)c1. The largest absolute Gasteiger partial charge is 0.464 e. The molecule has 0 aromatic heterocycles. The standard InChI is InChI=1S/C17H20O3S/c1-2-19-17(18)16(20-14-8-9-14)13-6-5-7-15(12-13)21-10-3-4-11-21/h3-7,10-12,14,16,21H,2,8-9H2,1H3. The van der Waals surface area contributed by atoms with E-state index in [1.54, 1.807) is 0 Å². The van der Waals surface area contributed by atoms with Crippen molar-refractivity contribution in [1.29, 1.82) is 0 Å². The lowest BCUT2D eigenvalue weighted by Crippen LogP contribution is -2.20. The van der Waals surface area contributed by atoms with Crippen molar-refractivity contribution < 1.29 is 14.3 Å².